The van der Waals surface area contributed by atoms with E-state index in [2.05, 4.69) is 46.2 Å². The molecule has 0 aliphatic rings. The van der Waals surface area contributed by atoms with Crippen molar-refractivity contribution in [2.24, 2.45) is 0 Å². The molecule has 0 aliphatic heterocycles. The van der Waals surface area contributed by atoms with Crippen LogP contribution in [0.1, 0.15) is 78.1 Å². The topological polar surface area (TPSA) is 44.8 Å². The second-order valence-electron chi connectivity index (χ2n) is 9.60. The second-order valence-corrected chi connectivity index (χ2v) is 18.5. The zero-order valence-electron chi connectivity index (χ0n) is 19.4. The van der Waals surface area contributed by atoms with Crippen molar-refractivity contribution >= 4 is 22.6 Å². The molecule has 0 spiro atoms. The Kier molecular flexibility index (Phi) is 13.8. The standard InChI is InChI=1S/C21H46O4Si2/c1-9-10-11-12-13-14-15-16-17-18-20(22)23-21(25-27(6,7)8)19(2)24-26(3,4)5/h19,21H,9-18H2,1-8H3. The average Bonchev–Trinajstić information content (AvgIpc) is 2.49. The van der Waals surface area contributed by atoms with Gasteiger partial charge >= 0.3 is 5.97 Å². The fourth-order valence-corrected chi connectivity index (χ4v) is 5.11. The lowest BCUT2D eigenvalue weighted by molar-refractivity contribution is -0.178. The molecule has 0 amide bonds. The number of carbonyl (C=O) groups excluding carboxylic acids is 1. The summed E-state index contributed by atoms with van der Waals surface area (Å²) in [5.41, 5.74) is 0. The third-order valence-electron chi connectivity index (χ3n) is 4.12. The first kappa shape index (κ1) is 26.8. The highest BCUT2D eigenvalue weighted by Gasteiger charge is 2.32. The molecule has 2 unspecified atom stereocenters. The smallest absolute Gasteiger partial charge is 0.308 e. The number of esters is 1. The summed E-state index contributed by atoms with van der Waals surface area (Å²) in [5, 5.41) is 0. The molecule has 0 heterocycles. The Morgan fingerprint density at radius 2 is 1.19 bits per heavy atom. The first-order valence-corrected chi connectivity index (χ1v) is 17.8. The van der Waals surface area contributed by atoms with E-state index < -0.39 is 22.9 Å². The summed E-state index contributed by atoms with van der Waals surface area (Å²) in [4.78, 5) is 12.3. The maximum absolute atomic E-state index is 12.3. The Bertz CT molecular complexity index is 389. The van der Waals surface area contributed by atoms with Crippen LogP contribution in [0.2, 0.25) is 39.3 Å². The van der Waals surface area contributed by atoms with Gasteiger partial charge in [-0.2, -0.15) is 0 Å². The molecule has 0 N–H and O–H groups in total. The van der Waals surface area contributed by atoms with Gasteiger partial charge in [0.1, 0.15) is 6.10 Å². The van der Waals surface area contributed by atoms with Gasteiger partial charge in [-0.05, 0) is 52.6 Å². The lowest BCUT2D eigenvalue weighted by Crippen LogP contribution is -2.45. The molecular formula is C21H46O4Si2. The van der Waals surface area contributed by atoms with Crippen LogP contribution in [0, 0.1) is 0 Å². The van der Waals surface area contributed by atoms with Crippen molar-refractivity contribution in [1.29, 1.82) is 0 Å². The van der Waals surface area contributed by atoms with E-state index in [1.165, 1.54) is 44.9 Å². The summed E-state index contributed by atoms with van der Waals surface area (Å²) in [7, 11) is -3.55. The lowest BCUT2D eigenvalue weighted by atomic mass is 10.1. The van der Waals surface area contributed by atoms with Gasteiger partial charge in [-0.1, -0.05) is 58.3 Å². The van der Waals surface area contributed by atoms with Gasteiger partial charge in [0, 0.05) is 6.42 Å². The first-order chi connectivity index (χ1) is 12.4. The summed E-state index contributed by atoms with van der Waals surface area (Å²) < 4.78 is 17.9. The van der Waals surface area contributed by atoms with Gasteiger partial charge in [0.2, 0.25) is 6.29 Å². The maximum Gasteiger partial charge on any atom is 0.308 e. The third kappa shape index (κ3) is 17.6. The molecule has 0 aromatic heterocycles. The Labute approximate surface area is 171 Å². The van der Waals surface area contributed by atoms with Crippen LogP contribution in [-0.2, 0) is 18.4 Å². The van der Waals surface area contributed by atoms with Crippen LogP contribution in [0.3, 0.4) is 0 Å². The fraction of sp³-hybridized carbons (Fsp3) is 0.952. The molecule has 0 saturated carbocycles. The van der Waals surface area contributed by atoms with Gasteiger partial charge in [0.15, 0.2) is 16.6 Å². The predicted molar refractivity (Wildman–Crippen MR) is 120 cm³/mol. The summed E-state index contributed by atoms with van der Waals surface area (Å²) >= 11 is 0. The largest absolute Gasteiger partial charge is 0.434 e. The van der Waals surface area contributed by atoms with Gasteiger partial charge in [-0.15, -0.1) is 0 Å². The minimum absolute atomic E-state index is 0.160. The number of rotatable bonds is 16. The van der Waals surface area contributed by atoms with Gasteiger partial charge < -0.3 is 13.6 Å². The molecule has 0 fully saturated rings. The summed E-state index contributed by atoms with van der Waals surface area (Å²) in [6, 6.07) is 0. The molecule has 0 aromatic carbocycles. The van der Waals surface area contributed by atoms with E-state index >= 15 is 0 Å². The Hall–Kier alpha value is -0.176. The van der Waals surface area contributed by atoms with Crippen molar-refractivity contribution in [2.45, 2.75) is 130 Å². The number of hydrogen-bond donors (Lipinski definition) is 0. The van der Waals surface area contributed by atoms with Crippen LogP contribution in [0.25, 0.3) is 0 Å². The fourth-order valence-electron chi connectivity index (χ4n) is 2.95. The van der Waals surface area contributed by atoms with Crippen molar-refractivity contribution in [1.82, 2.24) is 0 Å². The number of ether oxygens (including phenoxy) is 1. The van der Waals surface area contributed by atoms with E-state index in [0.29, 0.717) is 6.42 Å². The average molecular weight is 419 g/mol. The lowest BCUT2D eigenvalue weighted by Gasteiger charge is -2.33. The van der Waals surface area contributed by atoms with Crippen LogP contribution < -0.4 is 0 Å². The highest BCUT2D eigenvalue weighted by Crippen LogP contribution is 2.19. The van der Waals surface area contributed by atoms with E-state index in [9.17, 15) is 4.79 Å². The first-order valence-electron chi connectivity index (χ1n) is 11.0. The third-order valence-corrected chi connectivity index (χ3v) is 6.14. The van der Waals surface area contributed by atoms with E-state index in [-0.39, 0.29) is 12.1 Å². The molecule has 4 nitrogen and oxygen atoms in total. The molecule has 0 rings (SSSR count). The van der Waals surface area contributed by atoms with Crippen molar-refractivity contribution in [3.05, 3.63) is 0 Å². The van der Waals surface area contributed by atoms with Gasteiger partial charge in [-0.25, -0.2) is 0 Å². The highest BCUT2D eigenvalue weighted by atomic mass is 28.4. The van der Waals surface area contributed by atoms with Gasteiger partial charge in [-0.3, -0.25) is 4.79 Å². The summed E-state index contributed by atoms with van der Waals surface area (Å²) in [6.07, 6.45) is 10.8. The summed E-state index contributed by atoms with van der Waals surface area (Å²) in [6.45, 7) is 16.9. The maximum atomic E-state index is 12.3. The number of unbranched alkanes of at least 4 members (excludes halogenated alkanes) is 8. The molecule has 0 bridgehead atoms. The van der Waals surface area contributed by atoms with Crippen LogP contribution in [0.15, 0.2) is 0 Å². The molecule has 0 aromatic rings. The van der Waals surface area contributed by atoms with Gasteiger partial charge in [0.25, 0.3) is 0 Å². The van der Waals surface area contributed by atoms with Crippen LogP contribution in [0.4, 0.5) is 0 Å². The zero-order valence-corrected chi connectivity index (χ0v) is 21.4. The normalized spacial score (nSPS) is 14.8. The van der Waals surface area contributed by atoms with Crippen LogP contribution >= 0.6 is 0 Å². The van der Waals surface area contributed by atoms with Crippen molar-refractivity contribution in [3.63, 3.8) is 0 Å². The van der Waals surface area contributed by atoms with Gasteiger partial charge in [0.05, 0.1) is 0 Å². The molecule has 0 saturated heterocycles. The molecule has 0 radical (unpaired) electrons. The minimum atomic E-state index is -1.83. The Morgan fingerprint density at radius 3 is 1.63 bits per heavy atom. The van der Waals surface area contributed by atoms with E-state index in [1.54, 1.807) is 0 Å². The van der Waals surface area contributed by atoms with Crippen molar-refractivity contribution in [2.75, 3.05) is 0 Å². The quantitative estimate of drug-likeness (QED) is 0.119. The molecule has 2 atom stereocenters. The van der Waals surface area contributed by atoms with Crippen LogP contribution in [-0.4, -0.2) is 35.0 Å². The van der Waals surface area contributed by atoms with Crippen molar-refractivity contribution < 1.29 is 18.4 Å². The number of hydrogen-bond acceptors (Lipinski definition) is 4. The molecule has 0 aliphatic carbocycles. The molecule has 27 heavy (non-hydrogen) atoms. The monoisotopic (exact) mass is 418 g/mol. The zero-order chi connectivity index (χ0) is 20.9. The number of carbonyl (C=O) groups is 1. The van der Waals surface area contributed by atoms with E-state index in [4.69, 9.17) is 13.6 Å². The summed E-state index contributed by atoms with van der Waals surface area (Å²) in [5.74, 6) is -0.160. The Balaban J connectivity index is 4.17. The van der Waals surface area contributed by atoms with Crippen molar-refractivity contribution in [3.8, 4) is 0 Å². The predicted octanol–water partition coefficient (Wildman–Crippen LogP) is 6.87. The SMILES string of the molecule is CCCCCCCCCCCC(=O)OC(O[Si](C)(C)C)C(C)O[Si](C)(C)C. The Morgan fingerprint density at radius 1 is 0.741 bits per heavy atom. The van der Waals surface area contributed by atoms with E-state index in [0.717, 1.165) is 12.8 Å². The molecule has 6 heteroatoms. The molecular weight excluding hydrogens is 372 g/mol. The van der Waals surface area contributed by atoms with E-state index in [1.807, 2.05) is 6.92 Å². The molecule has 162 valence electrons. The second kappa shape index (κ2) is 13.9. The minimum Gasteiger partial charge on any atom is -0.434 e. The highest BCUT2D eigenvalue weighted by molar-refractivity contribution is 6.70. The van der Waals surface area contributed by atoms with Crippen LogP contribution in [0.5, 0.6) is 0 Å².